The van der Waals surface area contributed by atoms with E-state index < -0.39 is 0 Å². The Morgan fingerprint density at radius 1 is 1.00 bits per heavy atom. The number of aryl methyl sites for hydroxylation is 2. The number of nitrogens with zero attached hydrogens (tertiary/aromatic N) is 2. The minimum Gasteiger partial charge on any atom is -0.497 e. The second-order valence-electron chi connectivity index (χ2n) is 10.8. The van der Waals surface area contributed by atoms with Crippen LogP contribution in [0.5, 0.6) is 5.75 Å². The number of aromatic nitrogens is 1. The number of hydrogen-bond donors (Lipinski definition) is 0. The van der Waals surface area contributed by atoms with Gasteiger partial charge in [0, 0.05) is 42.1 Å². The summed E-state index contributed by atoms with van der Waals surface area (Å²) in [4.78, 5) is 2.72. The molecule has 2 aliphatic rings. The molecular weight excluding hydrogens is 428 g/mol. The van der Waals surface area contributed by atoms with Gasteiger partial charge in [-0.15, -0.1) is 0 Å². The number of benzene rings is 3. The first-order valence-electron chi connectivity index (χ1n) is 13.0. The van der Waals surface area contributed by atoms with Crippen molar-refractivity contribution in [2.24, 2.45) is 13.0 Å². The van der Waals surface area contributed by atoms with Crippen molar-refractivity contribution in [1.29, 1.82) is 0 Å². The molecule has 1 aromatic heterocycles. The molecule has 0 saturated carbocycles. The van der Waals surface area contributed by atoms with Gasteiger partial charge in [0.05, 0.1) is 7.11 Å². The van der Waals surface area contributed by atoms with Crippen molar-refractivity contribution in [3.8, 4) is 5.75 Å². The average molecular weight is 465 g/mol. The molecule has 1 saturated heterocycles. The van der Waals surface area contributed by atoms with E-state index in [-0.39, 0.29) is 5.41 Å². The van der Waals surface area contributed by atoms with Crippen LogP contribution in [0.15, 0.2) is 72.8 Å². The molecule has 0 amide bonds. The first-order chi connectivity index (χ1) is 17.1. The standard InChI is InChI=1S/C32H36N2O/c1-23-12-13-28-29-20-26-22-34(16-14-24-8-5-4-6-9-24)17-15-32(26,21-31(29)33(2)30(28)18-23)25-10-7-11-27(19-25)35-3/h4-13,18-19,26H,14-17,20-22H2,1-3H3. The van der Waals surface area contributed by atoms with Gasteiger partial charge in [-0.2, -0.15) is 0 Å². The summed E-state index contributed by atoms with van der Waals surface area (Å²) in [6, 6.07) is 26.9. The molecule has 1 fully saturated rings. The van der Waals surface area contributed by atoms with Gasteiger partial charge in [-0.05, 0) is 85.5 Å². The van der Waals surface area contributed by atoms with E-state index in [2.05, 4.69) is 96.2 Å². The van der Waals surface area contributed by atoms with Gasteiger partial charge in [0.2, 0.25) is 0 Å². The maximum absolute atomic E-state index is 5.67. The zero-order chi connectivity index (χ0) is 24.0. The molecule has 0 radical (unpaired) electrons. The zero-order valence-corrected chi connectivity index (χ0v) is 21.3. The fourth-order valence-corrected chi connectivity index (χ4v) is 6.86. The predicted octanol–water partition coefficient (Wildman–Crippen LogP) is 6.10. The fourth-order valence-electron chi connectivity index (χ4n) is 6.86. The van der Waals surface area contributed by atoms with E-state index >= 15 is 0 Å². The van der Waals surface area contributed by atoms with Gasteiger partial charge >= 0.3 is 0 Å². The Bertz CT molecular complexity index is 1360. The van der Waals surface area contributed by atoms with Gasteiger partial charge in [-0.3, -0.25) is 0 Å². The second kappa shape index (κ2) is 8.87. The Hall–Kier alpha value is -3.04. The predicted molar refractivity (Wildman–Crippen MR) is 144 cm³/mol. The molecule has 180 valence electrons. The Balaban J connectivity index is 1.38. The largest absolute Gasteiger partial charge is 0.497 e. The maximum Gasteiger partial charge on any atom is 0.119 e. The highest BCUT2D eigenvalue weighted by Gasteiger charge is 2.48. The quantitative estimate of drug-likeness (QED) is 0.355. The number of rotatable bonds is 5. The van der Waals surface area contributed by atoms with Gasteiger partial charge in [-0.25, -0.2) is 0 Å². The lowest BCUT2D eigenvalue weighted by molar-refractivity contribution is 0.0815. The normalized spacial score (nSPS) is 22.1. The van der Waals surface area contributed by atoms with Crippen LogP contribution in [0.25, 0.3) is 10.9 Å². The minimum absolute atomic E-state index is 0.155. The van der Waals surface area contributed by atoms with Crippen molar-refractivity contribution in [3.05, 3.63) is 101 Å². The van der Waals surface area contributed by atoms with Crippen LogP contribution < -0.4 is 4.74 Å². The summed E-state index contributed by atoms with van der Waals surface area (Å²) in [5.74, 6) is 1.57. The molecule has 3 heteroatoms. The van der Waals surface area contributed by atoms with Crippen molar-refractivity contribution in [1.82, 2.24) is 9.47 Å². The highest BCUT2D eigenvalue weighted by molar-refractivity contribution is 5.86. The summed E-state index contributed by atoms with van der Waals surface area (Å²) in [5.41, 5.74) is 8.88. The lowest BCUT2D eigenvalue weighted by atomic mass is 9.58. The van der Waals surface area contributed by atoms with Crippen LogP contribution in [0.1, 0.15) is 34.4 Å². The zero-order valence-electron chi connectivity index (χ0n) is 21.3. The topological polar surface area (TPSA) is 17.4 Å². The van der Waals surface area contributed by atoms with E-state index in [0.717, 1.165) is 44.6 Å². The van der Waals surface area contributed by atoms with E-state index in [1.165, 1.54) is 39.7 Å². The van der Waals surface area contributed by atoms with Crippen molar-refractivity contribution < 1.29 is 4.74 Å². The number of ether oxygens (including phenoxy) is 1. The van der Waals surface area contributed by atoms with Crippen LogP contribution in [0.4, 0.5) is 0 Å². The lowest BCUT2D eigenvalue weighted by Gasteiger charge is -2.51. The first kappa shape index (κ1) is 22.4. The Morgan fingerprint density at radius 2 is 1.86 bits per heavy atom. The van der Waals surface area contributed by atoms with Crippen molar-refractivity contribution >= 4 is 10.9 Å². The first-order valence-corrected chi connectivity index (χ1v) is 13.0. The van der Waals surface area contributed by atoms with Crippen molar-refractivity contribution in [2.75, 3.05) is 26.7 Å². The molecule has 2 atom stereocenters. The maximum atomic E-state index is 5.67. The number of likely N-dealkylation sites (tertiary alicyclic amines) is 1. The van der Waals surface area contributed by atoms with E-state index in [1.807, 2.05) is 0 Å². The van der Waals surface area contributed by atoms with Crippen LogP contribution in [0, 0.1) is 12.8 Å². The second-order valence-corrected chi connectivity index (χ2v) is 10.8. The lowest BCUT2D eigenvalue weighted by Crippen LogP contribution is -2.54. The number of piperidine rings is 1. The van der Waals surface area contributed by atoms with Crippen molar-refractivity contribution in [2.45, 2.75) is 38.0 Å². The van der Waals surface area contributed by atoms with Crippen LogP contribution in [0.3, 0.4) is 0 Å². The van der Waals surface area contributed by atoms with Crippen molar-refractivity contribution in [3.63, 3.8) is 0 Å². The van der Waals surface area contributed by atoms with Crippen LogP contribution in [0.2, 0.25) is 0 Å². The highest BCUT2D eigenvalue weighted by Crippen LogP contribution is 2.50. The Morgan fingerprint density at radius 3 is 2.69 bits per heavy atom. The number of fused-ring (bicyclic) bond motifs is 4. The van der Waals surface area contributed by atoms with Gasteiger partial charge in [0.25, 0.3) is 0 Å². The molecule has 2 unspecified atom stereocenters. The van der Waals surface area contributed by atoms with Gasteiger partial charge in [-0.1, -0.05) is 54.6 Å². The van der Waals surface area contributed by atoms with Gasteiger partial charge in [0.15, 0.2) is 0 Å². The third-order valence-corrected chi connectivity index (χ3v) is 8.86. The summed E-state index contributed by atoms with van der Waals surface area (Å²) in [6.07, 6.45) is 4.57. The monoisotopic (exact) mass is 464 g/mol. The molecule has 0 bridgehead atoms. The SMILES string of the molecule is COc1cccc(C23CCN(CCc4ccccc4)CC2Cc2c(n(C)c4cc(C)ccc24)C3)c1. The third-order valence-electron chi connectivity index (χ3n) is 8.86. The molecular formula is C32H36N2O. The molecule has 0 N–H and O–H groups in total. The van der Waals surface area contributed by atoms with E-state index in [1.54, 1.807) is 12.7 Å². The number of hydrogen-bond acceptors (Lipinski definition) is 2. The van der Waals surface area contributed by atoms with E-state index in [4.69, 9.17) is 4.74 Å². The molecule has 1 aliphatic heterocycles. The highest BCUT2D eigenvalue weighted by atomic mass is 16.5. The summed E-state index contributed by atoms with van der Waals surface area (Å²) in [7, 11) is 4.06. The summed E-state index contributed by atoms with van der Waals surface area (Å²) < 4.78 is 8.15. The molecule has 35 heavy (non-hydrogen) atoms. The Kier molecular flexibility index (Phi) is 5.69. The smallest absolute Gasteiger partial charge is 0.119 e. The van der Waals surface area contributed by atoms with Crippen LogP contribution in [-0.2, 0) is 31.7 Å². The van der Waals surface area contributed by atoms with Gasteiger partial charge < -0.3 is 14.2 Å². The van der Waals surface area contributed by atoms with E-state index in [9.17, 15) is 0 Å². The summed E-state index contributed by atoms with van der Waals surface area (Å²) in [5, 5.41) is 1.45. The molecule has 6 rings (SSSR count). The van der Waals surface area contributed by atoms with Gasteiger partial charge in [0.1, 0.15) is 5.75 Å². The molecule has 1 aliphatic carbocycles. The molecule has 3 aromatic carbocycles. The van der Waals surface area contributed by atoms with E-state index in [0.29, 0.717) is 5.92 Å². The minimum atomic E-state index is 0.155. The fraction of sp³-hybridized carbons (Fsp3) is 0.375. The molecule has 0 spiro atoms. The van der Waals surface area contributed by atoms with Crippen LogP contribution in [-0.4, -0.2) is 36.2 Å². The Labute approximate surface area is 209 Å². The molecule has 4 aromatic rings. The molecule has 2 heterocycles. The molecule has 3 nitrogen and oxygen atoms in total. The summed E-state index contributed by atoms with van der Waals surface area (Å²) in [6.45, 7) is 5.65. The summed E-state index contributed by atoms with van der Waals surface area (Å²) >= 11 is 0. The van der Waals surface area contributed by atoms with Crippen LogP contribution >= 0.6 is 0 Å². The number of methoxy groups -OCH3 is 1. The average Bonchev–Trinajstić information content (AvgIpc) is 3.16. The third kappa shape index (κ3) is 3.87.